The number of carboxylic acids is 1. The summed E-state index contributed by atoms with van der Waals surface area (Å²) in [6.07, 6.45) is 1.84. The van der Waals surface area contributed by atoms with Crippen LogP contribution in [0.25, 0.3) is 10.9 Å². The minimum atomic E-state index is -0.925. The van der Waals surface area contributed by atoms with Crippen LogP contribution in [0.15, 0.2) is 54.7 Å². The fourth-order valence-electron chi connectivity index (χ4n) is 4.05. The molecule has 0 saturated carbocycles. The monoisotopic (exact) mass is 348 g/mol. The highest BCUT2D eigenvalue weighted by Gasteiger charge is 2.45. The van der Waals surface area contributed by atoms with Crippen LogP contribution in [0, 0.1) is 0 Å². The topological polar surface area (TPSA) is 73.4 Å². The zero-order chi connectivity index (χ0) is 18.4. The molecule has 2 atom stereocenters. The first-order valence-electron chi connectivity index (χ1n) is 8.71. The van der Waals surface area contributed by atoms with Crippen molar-refractivity contribution in [3.8, 4) is 0 Å². The van der Waals surface area contributed by atoms with E-state index in [4.69, 9.17) is 0 Å². The second-order valence-corrected chi connectivity index (χ2v) is 6.94. The number of nitrogens with zero attached hydrogens (tertiary/aromatic N) is 1. The average Bonchev–Trinajstić information content (AvgIpc) is 3.04. The van der Waals surface area contributed by atoms with E-state index in [1.165, 1.54) is 0 Å². The van der Waals surface area contributed by atoms with Crippen molar-refractivity contribution in [1.82, 2.24) is 9.88 Å². The molecule has 1 aromatic heterocycles. The van der Waals surface area contributed by atoms with Gasteiger partial charge < -0.3 is 15.0 Å². The maximum Gasteiger partial charge on any atom is 0.313 e. The molecule has 2 aromatic carbocycles. The summed E-state index contributed by atoms with van der Waals surface area (Å²) in [6.45, 7) is 3.85. The third kappa shape index (κ3) is 2.31. The zero-order valence-electron chi connectivity index (χ0n) is 14.6. The molecule has 26 heavy (non-hydrogen) atoms. The Labute approximate surface area is 151 Å². The van der Waals surface area contributed by atoms with Gasteiger partial charge in [-0.15, -0.1) is 0 Å². The number of carbonyl (C=O) groups excluding carboxylic acids is 1. The summed E-state index contributed by atoms with van der Waals surface area (Å²) in [5.74, 6) is -1.86. The number of aliphatic carboxylic acids is 1. The molecule has 1 aliphatic rings. The number of hydrogen-bond acceptors (Lipinski definition) is 2. The van der Waals surface area contributed by atoms with Crippen LogP contribution in [-0.4, -0.2) is 32.9 Å². The number of aromatic amines is 1. The minimum absolute atomic E-state index is 0.122. The molecule has 0 fully saturated rings. The Morgan fingerprint density at radius 3 is 2.50 bits per heavy atom. The van der Waals surface area contributed by atoms with E-state index in [-0.39, 0.29) is 11.9 Å². The highest BCUT2D eigenvalue weighted by Crippen LogP contribution is 2.45. The molecule has 5 nitrogen and oxygen atoms in total. The second-order valence-electron chi connectivity index (χ2n) is 6.94. The molecule has 0 radical (unpaired) electrons. The summed E-state index contributed by atoms with van der Waals surface area (Å²) in [4.78, 5) is 30.4. The molecule has 1 aliphatic heterocycles. The van der Waals surface area contributed by atoms with Gasteiger partial charge in [-0.2, -0.15) is 0 Å². The van der Waals surface area contributed by atoms with Gasteiger partial charge in [-0.3, -0.25) is 9.59 Å². The Balaban J connectivity index is 2.00. The van der Waals surface area contributed by atoms with Gasteiger partial charge in [-0.25, -0.2) is 0 Å². The number of rotatable bonds is 3. The normalized spacial score (nSPS) is 19.8. The predicted molar refractivity (Wildman–Crippen MR) is 99.2 cm³/mol. The molecule has 2 unspecified atom stereocenters. The van der Waals surface area contributed by atoms with Crippen LogP contribution < -0.4 is 0 Å². The molecule has 0 spiro atoms. The molecule has 2 heterocycles. The molecular weight excluding hydrogens is 328 g/mol. The van der Waals surface area contributed by atoms with E-state index >= 15 is 0 Å². The van der Waals surface area contributed by atoms with Crippen LogP contribution >= 0.6 is 0 Å². The first-order valence-corrected chi connectivity index (χ1v) is 8.71. The minimum Gasteiger partial charge on any atom is -0.481 e. The number of hydrogen-bond donors (Lipinski definition) is 2. The summed E-state index contributed by atoms with van der Waals surface area (Å²) < 4.78 is 0. The first-order chi connectivity index (χ1) is 12.5. The number of carboxylic acid groups (broad SMARTS) is 1. The van der Waals surface area contributed by atoms with Gasteiger partial charge in [0.1, 0.15) is 5.92 Å². The van der Waals surface area contributed by atoms with Crippen molar-refractivity contribution >= 4 is 22.8 Å². The van der Waals surface area contributed by atoms with E-state index in [1.54, 1.807) is 29.2 Å². The Kier molecular flexibility index (Phi) is 3.80. The van der Waals surface area contributed by atoms with Gasteiger partial charge in [-0.05, 0) is 31.5 Å². The molecule has 5 heteroatoms. The maximum absolute atomic E-state index is 13.2. The highest BCUT2D eigenvalue weighted by molar-refractivity contribution is 6.01. The second kappa shape index (κ2) is 6.02. The molecule has 0 bridgehead atoms. The van der Waals surface area contributed by atoms with Crippen molar-refractivity contribution in [3.05, 3.63) is 71.4 Å². The smallest absolute Gasteiger partial charge is 0.313 e. The molecule has 132 valence electrons. The predicted octanol–water partition coefficient (Wildman–Crippen LogP) is 3.94. The van der Waals surface area contributed by atoms with Gasteiger partial charge in [0, 0.05) is 34.3 Å². The largest absolute Gasteiger partial charge is 0.481 e. The number of benzene rings is 2. The van der Waals surface area contributed by atoms with Crippen molar-refractivity contribution in [3.63, 3.8) is 0 Å². The molecule has 2 N–H and O–H groups in total. The van der Waals surface area contributed by atoms with Gasteiger partial charge in [0.15, 0.2) is 0 Å². The first kappa shape index (κ1) is 16.4. The van der Waals surface area contributed by atoms with E-state index in [9.17, 15) is 14.7 Å². The Morgan fingerprint density at radius 2 is 1.77 bits per heavy atom. The van der Waals surface area contributed by atoms with Crippen molar-refractivity contribution in [1.29, 1.82) is 0 Å². The number of carbonyl (C=O) groups is 2. The van der Waals surface area contributed by atoms with Crippen molar-refractivity contribution in [2.45, 2.75) is 31.8 Å². The summed E-state index contributed by atoms with van der Waals surface area (Å²) in [6, 6.07) is 14.1. The molecule has 0 aliphatic carbocycles. The Hall–Kier alpha value is -3.08. The third-order valence-corrected chi connectivity index (χ3v) is 5.14. The maximum atomic E-state index is 13.2. The Morgan fingerprint density at radius 1 is 1.08 bits per heavy atom. The van der Waals surface area contributed by atoms with Crippen LogP contribution in [0.4, 0.5) is 0 Å². The third-order valence-electron chi connectivity index (χ3n) is 5.14. The van der Waals surface area contributed by atoms with E-state index in [2.05, 4.69) is 4.98 Å². The van der Waals surface area contributed by atoms with Gasteiger partial charge in [0.25, 0.3) is 5.91 Å². The lowest BCUT2D eigenvalue weighted by Gasteiger charge is -2.42. The SMILES string of the molecule is CC(C)N1C(=O)c2ccccc2C(C(=O)O)C1c1c[nH]c2ccccc12. The molecular formula is C21H20N2O3. The number of H-pyrrole nitrogens is 1. The van der Waals surface area contributed by atoms with E-state index in [1.807, 2.05) is 44.3 Å². The fraction of sp³-hybridized carbons (Fsp3) is 0.238. The average molecular weight is 348 g/mol. The summed E-state index contributed by atoms with van der Waals surface area (Å²) in [7, 11) is 0. The van der Waals surface area contributed by atoms with Crippen LogP contribution in [0.3, 0.4) is 0 Å². The molecule has 3 aromatic rings. The van der Waals surface area contributed by atoms with Crippen LogP contribution in [0.5, 0.6) is 0 Å². The summed E-state index contributed by atoms with van der Waals surface area (Å²) >= 11 is 0. The van der Waals surface area contributed by atoms with E-state index in [0.717, 1.165) is 16.5 Å². The standard InChI is InChI=1S/C21H20N2O3/c1-12(2)23-19(16-11-22-17-10-6-5-7-13(16)17)18(21(25)26)14-8-3-4-9-15(14)20(23)24/h3-12,18-19,22H,1-2H3,(H,25,26). The van der Waals surface area contributed by atoms with Gasteiger partial charge >= 0.3 is 5.97 Å². The van der Waals surface area contributed by atoms with Gasteiger partial charge in [0.05, 0.1) is 6.04 Å². The molecule has 4 rings (SSSR count). The molecule has 0 saturated heterocycles. The zero-order valence-corrected chi connectivity index (χ0v) is 14.6. The van der Waals surface area contributed by atoms with Crippen molar-refractivity contribution < 1.29 is 14.7 Å². The highest BCUT2D eigenvalue weighted by atomic mass is 16.4. The lowest BCUT2D eigenvalue weighted by Crippen LogP contribution is -2.48. The number of nitrogens with one attached hydrogen (secondary N) is 1. The summed E-state index contributed by atoms with van der Waals surface area (Å²) in [5.41, 5.74) is 2.83. The van der Waals surface area contributed by atoms with Crippen LogP contribution in [-0.2, 0) is 4.79 Å². The van der Waals surface area contributed by atoms with E-state index in [0.29, 0.717) is 11.1 Å². The Bertz CT molecular complexity index is 1010. The number of fused-ring (bicyclic) bond motifs is 2. The van der Waals surface area contributed by atoms with Crippen LogP contribution in [0.1, 0.15) is 47.3 Å². The number of para-hydroxylation sites is 1. The van der Waals surface area contributed by atoms with E-state index < -0.39 is 17.9 Å². The quantitative estimate of drug-likeness (QED) is 0.753. The number of aromatic nitrogens is 1. The summed E-state index contributed by atoms with van der Waals surface area (Å²) in [5, 5.41) is 11.0. The fourth-order valence-corrected chi connectivity index (χ4v) is 4.05. The van der Waals surface area contributed by atoms with Gasteiger partial charge in [0.2, 0.25) is 0 Å². The van der Waals surface area contributed by atoms with Crippen LogP contribution in [0.2, 0.25) is 0 Å². The lowest BCUT2D eigenvalue weighted by molar-refractivity contribution is -0.140. The van der Waals surface area contributed by atoms with Crippen molar-refractivity contribution in [2.75, 3.05) is 0 Å². The lowest BCUT2D eigenvalue weighted by atomic mass is 9.79. The van der Waals surface area contributed by atoms with Crippen molar-refractivity contribution in [2.24, 2.45) is 0 Å². The number of amides is 1. The molecule has 1 amide bonds. The van der Waals surface area contributed by atoms with Gasteiger partial charge in [-0.1, -0.05) is 36.4 Å².